The Morgan fingerprint density at radius 3 is 2.00 bits per heavy atom. The first kappa shape index (κ1) is 29.1. The molecule has 2 amide bonds. The minimum Gasteiger partial charge on any atom is -0.477 e. The highest BCUT2D eigenvalue weighted by Gasteiger charge is 2.43. The number of carbonyl (C=O) groups is 3. The van der Waals surface area contributed by atoms with Crippen molar-refractivity contribution in [3.05, 3.63) is 24.0 Å². The molecule has 1 aliphatic heterocycles. The van der Waals surface area contributed by atoms with Crippen LogP contribution in [0.5, 0.6) is 0 Å². The summed E-state index contributed by atoms with van der Waals surface area (Å²) in [5.74, 6) is -1.21. The monoisotopic (exact) mass is 518 g/mol. The lowest BCUT2D eigenvalue weighted by atomic mass is 10.2. The molecule has 202 valence electrons. The number of imide groups is 1. The van der Waals surface area contributed by atoms with Gasteiger partial charge in [-0.05, 0) is 53.7 Å². The molecular formula is C23H33F3N4O6. The molecule has 1 unspecified atom stereocenters. The SMILES string of the molecule is CC(C)(C)OC(=O)N(C(=O)OC(C)(C)C)C1CN(c2ccc(C(=O)O)nc2)CCN1CCC(F)(F)F. The lowest BCUT2D eigenvalue weighted by Crippen LogP contribution is -2.64. The number of carboxylic acid groups (broad SMARTS) is 1. The number of hydrogen-bond donors (Lipinski definition) is 1. The van der Waals surface area contributed by atoms with Crippen LogP contribution >= 0.6 is 0 Å². The molecule has 0 saturated carbocycles. The van der Waals surface area contributed by atoms with E-state index in [1.807, 2.05) is 0 Å². The summed E-state index contributed by atoms with van der Waals surface area (Å²) in [6.45, 7) is 9.38. The highest BCUT2D eigenvalue weighted by atomic mass is 19.4. The molecule has 13 heteroatoms. The lowest BCUT2D eigenvalue weighted by molar-refractivity contribution is -0.141. The van der Waals surface area contributed by atoms with Gasteiger partial charge < -0.3 is 19.5 Å². The van der Waals surface area contributed by atoms with Gasteiger partial charge in [0.2, 0.25) is 0 Å². The van der Waals surface area contributed by atoms with E-state index in [4.69, 9.17) is 14.6 Å². The summed E-state index contributed by atoms with van der Waals surface area (Å²) in [5, 5.41) is 9.08. The summed E-state index contributed by atoms with van der Waals surface area (Å²) in [6, 6.07) is 2.80. The third-order valence-electron chi connectivity index (χ3n) is 4.96. The number of ether oxygens (including phenoxy) is 2. The van der Waals surface area contributed by atoms with Crippen LogP contribution in [0.15, 0.2) is 18.3 Å². The fourth-order valence-electron chi connectivity index (χ4n) is 3.45. The molecule has 36 heavy (non-hydrogen) atoms. The Kier molecular flexibility index (Phi) is 8.82. The number of aromatic nitrogens is 1. The van der Waals surface area contributed by atoms with Gasteiger partial charge in [-0.25, -0.2) is 19.4 Å². The van der Waals surface area contributed by atoms with E-state index in [1.54, 1.807) is 46.4 Å². The Morgan fingerprint density at radius 1 is 1.03 bits per heavy atom. The van der Waals surface area contributed by atoms with Crippen molar-refractivity contribution in [2.45, 2.75) is 71.5 Å². The van der Waals surface area contributed by atoms with Crippen molar-refractivity contribution in [3.8, 4) is 0 Å². The minimum absolute atomic E-state index is 0.0729. The van der Waals surface area contributed by atoms with Crippen molar-refractivity contribution in [2.24, 2.45) is 0 Å². The Bertz CT molecular complexity index is 913. The van der Waals surface area contributed by atoms with Crippen LogP contribution in [0.2, 0.25) is 0 Å². The quantitative estimate of drug-likeness (QED) is 0.608. The molecule has 0 radical (unpaired) electrons. The largest absolute Gasteiger partial charge is 0.477 e. The molecule has 0 spiro atoms. The van der Waals surface area contributed by atoms with E-state index in [2.05, 4.69) is 4.98 Å². The zero-order valence-electron chi connectivity index (χ0n) is 21.3. The Morgan fingerprint density at radius 2 is 1.58 bits per heavy atom. The number of carboxylic acids is 1. The summed E-state index contributed by atoms with van der Waals surface area (Å²) in [5.41, 5.74) is -1.67. The lowest BCUT2D eigenvalue weighted by Gasteiger charge is -2.46. The molecule has 10 nitrogen and oxygen atoms in total. The third kappa shape index (κ3) is 8.85. The number of aromatic carboxylic acids is 1. The highest BCUT2D eigenvalue weighted by molar-refractivity contribution is 5.89. The summed E-state index contributed by atoms with van der Waals surface area (Å²) >= 11 is 0. The molecular weight excluding hydrogens is 485 g/mol. The topological polar surface area (TPSA) is 113 Å². The maximum Gasteiger partial charge on any atom is 0.421 e. The van der Waals surface area contributed by atoms with Crippen LogP contribution in [-0.4, -0.2) is 87.8 Å². The van der Waals surface area contributed by atoms with Gasteiger partial charge in [0.1, 0.15) is 23.1 Å². The van der Waals surface area contributed by atoms with Crippen molar-refractivity contribution >= 4 is 23.8 Å². The van der Waals surface area contributed by atoms with Gasteiger partial charge in [-0.2, -0.15) is 18.1 Å². The van der Waals surface area contributed by atoms with Gasteiger partial charge in [0.25, 0.3) is 0 Å². The number of carbonyl (C=O) groups excluding carboxylic acids is 2. The second-order valence-corrected chi connectivity index (χ2v) is 10.4. The van der Waals surface area contributed by atoms with Crippen molar-refractivity contribution in [1.29, 1.82) is 0 Å². The van der Waals surface area contributed by atoms with Gasteiger partial charge in [0.15, 0.2) is 0 Å². The molecule has 0 aromatic carbocycles. The molecule has 2 heterocycles. The normalized spacial score (nSPS) is 17.5. The number of halogens is 3. The number of rotatable bonds is 5. The van der Waals surface area contributed by atoms with Crippen LogP contribution in [0.1, 0.15) is 58.5 Å². The Hall–Kier alpha value is -3.09. The fourth-order valence-corrected chi connectivity index (χ4v) is 3.45. The zero-order chi connectivity index (χ0) is 27.5. The number of nitrogens with zero attached hydrogens (tertiary/aromatic N) is 4. The van der Waals surface area contributed by atoms with Gasteiger partial charge in [-0.15, -0.1) is 0 Å². The number of amides is 2. The van der Waals surface area contributed by atoms with Crippen molar-refractivity contribution < 1.29 is 42.1 Å². The smallest absolute Gasteiger partial charge is 0.421 e. The van der Waals surface area contributed by atoms with Crippen molar-refractivity contribution in [1.82, 2.24) is 14.8 Å². The Labute approximate surface area is 207 Å². The average molecular weight is 519 g/mol. The maximum atomic E-state index is 13.2. The van der Waals surface area contributed by atoms with E-state index in [0.29, 0.717) is 10.6 Å². The summed E-state index contributed by atoms with van der Waals surface area (Å²) in [7, 11) is 0. The van der Waals surface area contributed by atoms with Gasteiger partial charge in [-0.3, -0.25) is 4.90 Å². The maximum absolute atomic E-state index is 13.2. The average Bonchev–Trinajstić information content (AvgIpc) is 2.69. The first-order valence-corrected chi connectivity index (χ1v) is 11.4. The molecule has 1 aromatic rings. The van der Waals surface area contributed by atoms with Crippen LogP contribution in [0, 0.1) is 0 Å². The van der Waals surface area contributed by atoms with Gasteiger partial charge in [0.05, 0.1) is 24.8 Å². The van der Waals surface area contributed by atoms with E-state index in [1.165, 1.54) is 23.2 Å². The fraction of sp³-hybridized carbons (Fsp3) is 0.652. The molecule has 1 atom stereocenters. The molecule has 1 aromatic heterocycles. The van der Waals surface area contributed by atoms with Crippen LogP contribution in [0.4, 0.5) is 28.4 Å². The second kappa shape index (κ2) is 10.9. The predicted molar refractivity (Wildman–Crippen MR) is 124 cm³/mol. The van der Waals surface area contributed by atoms with E-state index >= 15 is 0 Å². The van der Waals surface area contributed by atoms with E-state index in [9.17, 15) is 27.6 Å². The van der Waals surface area contributed by atoms with Crippen LogP contribution in [-0.2, 0) is 9.47 Å². The van der Waals surface area contributed by atoms with E-state index in [-0.39, 0.29) is 25.3 Å². The number of pyridine rings is 1. The summed E-state index contributed by atoms with van der Waals surface area (Å²) in [6.07, 6.45) is -7.54. The number of piperazine rings is 1. The van der Waals surface area contributed by atoms with Crippen LogP contribution in [0.25, 0.3) is 0 Å². The van der Waals surface area contributed by atoms with Gasteiger partial charge >= 0.3 is 24.3 Å². The predicted octanol–water partition coefficient (Wildman–Crippen LogP) is 4.35. The van der Waals surface area contributed by atoms with Crippen molar-refractivity contribution in [2.75, 3.05) is 31.1 Å². The van der Waals surface area contributed by atoms with Crippen LogP contribution < -0.4 is 4.90 Å². The molecule has 2 rings (SSSR count). The highest BCUT2D eigenvalue weighted by Crippen LogP contribution is 2.27. The van der Waals surface area contributed by atoms with E-state index < -0.39 is 54.7 Å². The first-order valence-electron chi connectivity index (χ1n) is 11.4. The summed E-state index contributed by atoms with van der Waals surface area (Å²) in [4.78, 5) is 45.1. The second-order valence-electron chi connectivity index (χ2n) is 10.4. The van der Waals surface area contributed by atoms with Gasteiger partial charge in [-0.1, -0.05) is 0 Å². The number of alkyl halides is 3. The number of hydrogen-bond acceptors (Lipinski definition) is 8. The van der Waals surface area contributed by atoms with Gasteiger partial charge in [0, 0.05) is 19.6 Å². The third-order valence-corrected chi connectivity index (χ3v) is 4.96. The molecule has 1 aliphatic rings. The molecule has 1 N–H and O–H groups in total. The van der Waals surface area contributed by atoms with Crippen molar-refractivity contribution in [3.63, 3.8) is 0 Å². The first-order chi connectivity index (χ1) is 16.4. The summed E-state index contributed by atoms with van der Waals surface area (Å²) < 4.78 is 50.0. The molecule has 0 aliphatic carbocycles. The zero-order valence-corrected chi connectivity index (χ0v) is 21.3. The van der Waals surface area contributed by atoms with Crippen LogP contribution in [0.3, 0.4) is 0 Å². The molecule has 1 fully saturated rings. The number of anilines is 1. The minimum atomic E-state index is -4.44. The van der Waals surface area contributed by atoms with E-state index in [0.717, 1.165) is 0 Å². The standard InChI is InChI=1S/C23H33F3N4O6/c1-21(2,3)35-19(33)30(20(34)36-22(4,5)6)17-14-29(12-11-28(17)10-9-23(24,25)26)15-7-8-16(18(31)32)27-13-15/h7-8,13,17H,9-12,14H2,1-6H3,(H,31,32). The Balaban J connectivity index is 2.45. The molecule has 1 saturated heterocycles. The molecule has 0 bridgehead atoms.